The number of aromatic nitrogens is 4. The summed E-state index contributed by atoms with van der Waals surface area (Å²) in [6, 6.07) is 13.3. The van der Waals surface area contributed by atoms with Gasteiger partial charge in [-0.25, -0.2) is 4.57 Å². The third-order valence-electron chi connectivity index (χ3n) is 4.43. The van der Waals surface area contributed by atoms with Gasteiger partial charge < -0.3 is 0 Å². The van der Waals surface area contributed by atoms with Crippen LogP contribution in [0, 0.1) is 13.8 Å². The molecular weight excluding hydrogens is 324 g/mol. The first kappa shape index (κ1) is 14.9. The molecule has 0 aliphatic carbocycles. The molecule has 4 rings (SSSR count). The Labute approximate surface area is 143 Å². The zero-order valence-corrected chi connectivity index (χ0v) is 14.1. The summed E-state index contributed by atoms with van der Waals surface area (Å²) >= 11 is 6.03. The summed E-state index contributed by atoms with van der Waals surface area (Å²) in [5.74, 6) is 1.31. The van der Waals surface area contributed by atoms with Gasteiger partial charge in [0.2, 0.25) is 5.78 Å². The fourth-order valence-electron chi connectivity index (χ4n) is 3.04. The van der Waals surface area contributed by atoms with Crippen molar-refractivity contribution in [2.45, 2.75) is 19.7 Å². The van der Waals surface area contributed by atoms with E-state index in [9.17, 15) is 4.79 Å². The van der Waals surface area contributed by atoms with Gasteiger partial charge in [-0.3, -0.25) is 9.20 Å². The van der Waals surface area contributed by atoms with Crippen molar-refractivity contribution >= 4 is 28.3 Å². The Balaban J connectivity index is 2.27. The third kappa shape index (κ3) is 1.98. The monoisotopic (exact) mass is 338 g/mol. The molecule has 0 aliphatic heterocycles. The maximum Gasteiger partial charge on any atom is 0.267 e. The Morgan fingerprint density at radius 3 is 2.62 bits per heavy atom. The van der Waals surface area contributed by atoms with Gasteiger partial charge in [-0.15, -0.1) is 21.8 Å². The number of para-hydroxylation sites is 1. The lowest BCUT2D eigenvalue weighted by atomic mass is 10.1. The highest BCUT2D eigenvalue weighted by molar-refractivity contribution is 6.16. The van der Waals surface area contributed by atoms with Crippen molar-refractivity contribution in [1.29, 1.82) is 0 Å². The summed E-state index contributed by atoms with van der Waals surface area (Å²) in [7, 11) is 0. The molecule has 0 fully saturated rings. The molecule has 0 unspecified atom stereocenters. The number of nitrogens with zero attached hydrogens (tertiary/aromatic N) is 4. The molecule has 0 bridgehead atoms. The number of aryl methyl sites for hydroxylation is 1. The second kappa shape index (κ2) is 5.46. The minimum absolute atomic E-state index is 0.111. The second-order valence-corrected chi connectivity index (χ2v) is 6.03. The van der Waals surface area contributed by atoms with Gasteiger partial charge in [-0.1, -0.05) is 24.3 Å². The average Bonchev–Trinajstić information content (AvgIpc) is 3.02. The third-order valence-corrected chi connectivity index (χ3v) is 4.67. The van der Waals surface area contributed by atoms with Crippen LogP contribution in [0.4, 0.5) is 0 Å². The summed E-state index contributed by atoms with van der Waals surface area (Å²) in [6.45, 7) is 4.03. The molecule has 2 heterocycles. The predicted molar refractivity (Wildman–Crippen MR) is 95.1 cm³/mol. The van der Waals surface area contributed by atoms with E-state index < -0.39 is 0 Å². The molecular formula is C18H15ClN4O. The van der Waals surface area contributed by atoms with Crippen LogP contribution in [0.5, 0.6) is 0 Å². The van der Waals surface area contributed by atoms with Crippen LogP contribution in [0.15, 0.2) is 47.3 Å². The molecule has 0 radical (unpaired) electrons. The number of fused-ring (bicyclic) bond motifs is 3. The standard InChI is InChI=1S/C18H15ClN4O/c1-11-6-5-9-14(12(11)2)23-17(24)13-7-3-4-8-15(13)22-16(10-19)20-21-18(22)23/h3-9H,10H2,1-2H3. The zero-order chi connectivity index (χ0) is 16.8. The first-order valence-electron chi connectivity index (χ1n) is 7.64. The molecule has 2 aromatic carbocycles. The molecule has 0 atom stereocenters. The van der Waals surface area contributed by atoms with Crippen LogP contribution in [0.3, 0.4) is 0 Å². The number of benzene rings is 2. The van der Waals surface area contributed by atoms with Gasteiger partial charge in [0.25, 0.3) is 5.56 Å². The van der Waals surface area contributed by atoms with E-state index in [2.05, 4.69) is 10.2 Å². The lowest BCUT2D eigenvalue weighted by Gasteiger charge is -2.14. The van der Waals surface area contributed by atoms with Gasteiger partial charge in [0, 0.05) is 0 Å². The van der Waals surface area contributed by atoms with Crippen LogP contribution in [-0.4, -0.2) is 19.2 Å². The molecule has 120 valence electrons. The normalized spacial score (nSPS) is 11.5. The lowest BCUT2D eigenvalue weighted by Crippen LogP contribution is -2.23. The minimum atomic E-state index is -0.111. The molecule has 0 spiro atoms. The van der Waals surface area contributed by atoms with Crippen molar-refractivity contribution in [2.24, 2.45) is 0 Å². The summed E-state index contributed by atoms with van der Waals surface area (Å²) in [6.07, 6.45) is 0. The highest BCUT2D eigenvalue weighted by atomic mass is 35.5. The highest BCUT2D eigenvalue weighted by Crippen LogP contribution is 2.21. The van der Waals surface area contributed by atoms with E-state index in [-0.39, 0.29) is 11.4 Å². The second-order valence-electron chi connectivity index (χ2n) is 5.76. The Bertz CT molecular complexity index is 1140. The largest absolute Gasteiger partial charge is 0.268 e. The Kier molecular flexibility index (Phi) is 3.39. The number of halogens is 1. The lowest BCUT2D eigenvalue weighted by molar-refractivity contribution is 0.952. The van der Waals surface area contributed by atoms with E-state index in [1.807, 2.05) is 60.7 Å². The molecule has 2 aromatic heterocycles. The van der Waals surface area contributed by atoms with E-state index in [1.165, 1.54) is 0 Å². The van der Waals surface area contributed by atoms with Gasteiger partial charge in [0.1, 0.15) is 0 Å². The minimum Gasteiger partial charge on any atom is -0.268 e. The van der Waals surface area contributed by atoms with Crippen LogP contribution in [0.1, 0.15) is 17.0 Å². The fourth-order valence-corrected chi connectivity index (χ4v) is 3.21. The topological polar surface area (TPSA) is 52.2 Å². The quantitative estimate of drug-likeness (QED) is 0.526. The van der Waals surface area contributed by atoms with Crippen LogP contribution < -0.4 is 5.56 Å². The fraction of sp³-hybridized carbons (Fsp3) is 0.167. The van der Waals surface area contributed by atoms with E-state index in [0.717, 1.165) is 22.3 Å². The van der Waals surface area contributed by atoms with Gasteiger partial charge in [-0.2, -0.15) is 0 Å². The van der Waals surface area contributed by atoms with Crippen molar-refractivity contribution in [3.8, 4) is 5.69 Å². The summed E-state index contributed by atoms with van der Waals surface area (Å²) < 4.78 is 3.47. The van der Waals surface area contributed by atoms with Crippen molar-refractivity contribution in [1.82, 2.24) is 19.2 Å². The smallest absolute Gasteiger partial charge is 0.267 e. The SMILES string of the molecule is Cc1cccc(-n2c(=O)c3ccccc3n3c(CCl)nnc23)c1C. The van der Waals surface area contributed by atoms with Crippen molar-refractivity contribution in [2.75, 3.05) is 0 Å². The van der Waals surface area contributed by atoms with E-state index in [4.69, 9.17) is 11.6 Å². The molecule has 0 saturated carbocycles. The first-order valence-corrected chi connectivity index (χ1v) is 8.17. The molecule has 4 aromatic rings. The van der Waals surface area contributed by atoms with Gasteiger partial charge in [0.05, 0.1) is 22.5 Å². The van der Waals surface area contributed by atoms with Crippen LogP contribution in [0.2, 0.25) is 0 Å². The maximum absolute atomic E-state index is 13.2. The molecule has 6 heteroatoms. The molecule has 0 N–H and O–H groups in total. The zero-order valence-electron chi connectivity index (χ0n) is 13.3. The van der Waals surface area contributed by atoms with E-state index in [1.54, 1.807) is 4.57 Å². The molecule has 5 nitrogen and oxygen atoms in total. The van der Waals surface area contributed by atoms with Crippen LogP contribution in [-0.2, 0) is 5.88 Å². The molecule has 0 aliphatic rings. The van der Waals surface area contributed by atoms with Crippen molar-refractivity contribution in [3.63, 3.8) is 0 Å². The van der Waals surface area contributed by atoms with Gasteiger partial charge in [0.15, 0.2) is 5.82 Å². The van der Waals surface area contributed by atoms with Gasteiger partial charge >= 0.3 is 0 Å². The predicted octanol–water partition coefficient (Wildman–Crippen LogP) is 3.39. The van der Waals surface area contributed by atoms with Crippen LogP contribution in [0.25, 0.3) is 22.4 Å². The Morgan fingerprint density at radius 2 is 1.83 bits per heavy atom. The Morgan fingerprint density at radius 1 is 1.04 bits per heavy atom. The van der Waals surface area contributed by atoms with E-state index >= 15 is 0 Å². The number of hydrogen-bond donors (Lipinski definition) is 0. The first-order chi connectivity index (χ1) is 11.6. The summed E-state index contributed by atoms with van der Waals surface area (Å²) in [4.78, 5) is 13.2. The van der Waals surface area contributed by atoms with Crippen LogP contribution >= 0.6 is 11.6 Å². The Hall–Kier alpha value is -2.66. The van der Waals surface area contributed by atoms with Crippen molar-refractivity contribution in [3.05, 3.63) is 69.8 Å². The highest BCUT2D eigenvalue weighted by Gasteiger charge is 2.18. The summed E-state index contributed by atoms with van der Waals surface area (Å²) in [5.41, 5.74) is 3.61. The number of rotatable bonds is 2. The molecule has 0 saturated heterocycles. The molecule has 24 heavy (non-hydrogen) atoms. The maximum atomic E-state index is 13.2. The molecule has 0 amide bonds. The average molecular weight is 339 g/mol. The number of alkyl halides is 1. The number of hydrogen-bond acceptors (Lipinski definition) is 3. The summed E-state index contributed by atoms with van der Waals surface area (Å²) in [5, 5.41) is 9.01. The van der Waals surface area contributed by atoms with E-state index in [0.29, 0.717) is 17.0 Å². The van der Waals surface area contributed by atoms with Gasteiger partial charge in [-0.05, 0) is 43.2 Å². The van der Waals surface area contributed by atoms with Crippen molar-refractivity contribution < 1.29 is 0 Å².